The van der Waals surface area contributed by atoms with Gasteiger partial charge in [0.25, 0.3) is 5.91 Å². The zero-order chi connectivity index (χ0) is 23.1. The topological polar surface area (TPSA) is 116 Å². The number of hydrogen-bond donors (Lipinski definition) is 3. The summed E-state index contributed by atoms with van der Waals surface area (Å²) < 4.78 is 27.4. The monoisotopic (exact) mass is 457 g/mol. The molecule has 1 saturated heterocycles. The van der Waals surface area contributed by atoms with Crippen LogP contribution < -0.4 is 10.6 Å². The number of nitrogens with zero attached hydrogens (tertiary/aromatic N) is 1. The molecule has 2 amide bonds. The van der Waals surface area contributed by atoms with E-state index in [0.29, 0.717) is 24.9 Å². The quantitative estimate of drug-likeness (QED) is 0.488. The van der Waals surface area contributed by atoms with E-state index in [1.54, 1.807) is 0 Å². The van der Waals surface area contributed by atoms with E-state index < -0.39 is 28.0 Å². The summed E-state index contributed by atoms with van der Waals surface area (Å²) >= 11 is 0. The van der Waals surface area contributed by atoms with Gasteiger partial charge >= 0.3 is 0 Å². The number of aliphatic hydroxyl groups excluding tert-OH is 1. The number of amides is 2. The van der Waals surface area contributed by atoms with Crippen molar-refractivity contribution in [2.24, 2.45) is 0 Å². The van der Waals surface area contributed by atoms with Crippen LogP contribution in [0.1, 0.15) is 22.3 Å². The van der Waals surface area contributed by atoms with Crippen LogP contribution in [0.25, 0.3) is 0 Å². The maximum Gasteiger partial charge on any atom is 0.251 e. The summed E-state index contributed by atoms with van der Waals surface area (Å²) in [7, 11) is -3.91. The van der Waals surface area contributed by atoms with Gasteiger partial charge in [-0.25, -0.2) is 8.42 Å². The Balaban J connectivity index is 1.64. The molecular weight excluding hydrogens is 430 g/mol. The highest BCUT2D eigenvalue weighted by atomic mass is 32.2. The molecule has 0 spiro atoms. The van der Waals surface area contributed by atoms with E-state index in [4.69, 9.17) is 0 Å². The third-order valence-electron chi connectivity index (χ3n) is 5.37. The van der Waals surface area contributed by atoms with Crippen molar-refractivity contribution in [3.8, 4) is 0 Å². The number of benzene rings is 2. The summed E-state index contributed by atoms with van der Waals surface area (Å²) in [5, 5.41) is 15.1. The second kappa shape index (κ2) is 10.5. The average molecular weight is 458 g/mol. The SMILES string of the molecule is C=CC(=O)NC1CC(CO)N(S(=O)(=O)c2ccc(C(=O)NCCc3ccccc3)cc2)C1. The number of hydrogen-bond acceptors (Lipinski definition) is 5. The van der Waals surface area contributed by atoms with Crippen molar-refractivity contribution in [3.63, 3.8) is 0 Å². The lowest BCUT2D eigenvalue weighted by Gasteiger charge is -2.22. The maximum absolute atomic E-state index is 13.1. The Morgan fingerprint density at radius 2 is 1.81 bits per heavy atom. The van der Waals surface area contributed by atoms with Crippen LogP contribution in [-0.4, -0.2) is 61.4 Å². The van der Waals surface area contributed by atoms with Crippen molar-refractivity contribution >= 4 is 21.8 Å². The van der Waals surface area contributed by atoms with E-state index >= 15 is 0 Å². The number of carbonyl (C=O) groups excluding carboxylic acids is 2. The van der Waals surface area contributed by atoms with E-state index in [-0.39, 0.29) is 24.0 Å². The van der Waals surface area contributed by atoms with Gasteiger partial charge in [0.2, 0.25) is 15.9 Å². The Kier molecular flexibility index (Phi) is 7.79. The van der Waals surface area contributed by atoms with Crippen LogP contribution in [-0.2, 0) is 21.2 Å². The van der Waals surface area contributed by atoms with Crippen LogP contribution in [0.2, 0.25) is 0 Å². The summed E-state index contributed by atoms with van der Waals surface area (Å²) in [6.45, 7) is 3.54. The van der Waals surface area contributed by atoms with Crippen molar-refractivity contribution in [2.75, 3.05) is 19.7 Å². The van der Waals surface area contributed by atoms with Gasteiger partial charge in [0, 0.05) is 24.7 Å². The first-order valence-corrected chi connectivity index (χ1v) is 11.8. The first-order chi connectivity index (χ1) is 15.3. The highest BCUT2D eigenvalue weighted by Crippen LogP contribution is 2.26. The van der Waals surface area contributed by atoms with E-state index in [0.717, 1.165) is 11.6 Å². The molecule has 0 aliphatic carbocycles. The predicted octanol–water partition coefficient (Wildman–Crippen LogP) is 1.09. The van der Waals surface area contributed by atoms with Crippen LogP contribution >= 0.6 is 0 Å². The molecule has 0 saturated carbocycles. The number of rotatable bonds is 9. The second-order valence-electron chi connectivity index (χ2n) is 7.57. The van der Waals surface area contributed by atoms with Gasteiger partial charge < -0.3 is 15.7 Å². The molecule has 1 aliphatic rings. The Labute approximate surface area is 188 Å². The molecule has 170 valence electrons. The van der Waals surface area contributed by atoms with Crippen molar-refractivity contribution in [1.29, 1.82) is 0 Å². The minimum absolute atomic E-state index is 0.0208. The molecule has 2 aromatic rings. The number of nitrogens with one attached hydrogen (secondary N) is 2. The average Bonchev–Trinajstić information content (AvgIpc) is 3.23. The molecule has 9 heteroatoms. The first kappa shape index (κ1) is 23.6. The zero-order valence-electron chi connectivity index (χ0n) is 17.6. The Hall–Kier alpha value is -3.01. The Morgan fingerprint density at radius 1 is 1.12 bits per heavy atom. The number of carbonyl (C=O) groups is 2. The largest absolute Gasteiger partial charge is 0.395 e. The molecule has 0 radical (unpaired) electrons. The third-order valence-corrected chi connectivity index (χ3v) is 7.30. The molecule has 8 nitrogen and oxygen atoms in total. The van der Waals surface area contributed by atoms with Crippen LogP contribution in [0.3, 0.4) is 0 Å². The maximum atomic E-state index is 13.1. The molecule has 32 heavy (non-hydrogen) atoms. The van der Waals surface area contributed by atoms with Gasteiger partial charge in [-0.05, 0) is 48.7 Å². The minimum Gasteiger partial charge on any atom is -0.395 e. The fraction of sp³-hybridized carbons (Fsp3) is 0.304. The van der Waals surface area contributed by atoms with E-state index in [1.165, 1.54) is 28.6 Å². The molecule has 3 N–H and O–H groups in total. The van der Waals surface area contributed by atoms with Crippen LogP contribution in [0.5, 0.6) is 0 Å². The van der Waals surface area contributed by atoms with Gasteiger partial charge in [0.15, 0.2) is 0 Å². The molecule has 1 aliphatic heterocycles. The van der Waals surface area contributed by atoms with Gasteiger partial charge in [0.1, 0.15) is 0 Å². The molecule has 1 fully saturated rings. The molecule has 2 aromatic carbocycles. The minimum atomic E-state index is -3.91. The standard InChI is InChI=1S/C23H27N3O5S/c1-2-22(28)25-19-14-20(16-27)26(15-19)32(30,31)21-10-8-18(9-11-21)23(29)24-13-12-17-6-4-3-5-7-17/h2-11,19-20,27H,1,12-16H2,(H,24,29)(H,25,28). The number of aliphatic hydroxyl groups is 1. The lowest BCUT2D eigenvalue weighted by molar-refractivity contribution is -0.117. The molecule has 3 rings (SSSR count). The summed E-state index contributed by atoms with van der Waals surface area (Å²) in [5.41, 5.74) is 1.47. The van der Waals surface area contributed by atoms with Gasteiger partial charge in [-0.2, -0.15) is 4.31 Å². The Morgan fingerprint density at radius 3 is 2.44 bits per heavy atom. The van der Waals surface area contributed by atoms with Gasteiger partial charge in [-0.15, -0.1) is 0 Å². The molecule has 0 aromatic heterocycles. The summed E-state index contributed by atoms with van der Waals surface area (Å²) in [5.74, 6) is -0.681. The summed E-state index contributed by atoms with van der Waals surface area (Å²) in [4.78, 5) is 23.9. The van der Waals surface area contributed by atoms with Crippen molar-refractivity contribution in [1.82, 2.24) is 14.9 Å². The molecule has 2 unspecified atom stereocenters. The molecule has 1 heterocycles. The molecule has 2 atom stereocenters. The summed E-state index contributed by atoms with van der Waals surface area (Å²) in [6, 6.07) is 14.4. The van der Waals surface area contributed by atoms with E-state index in [1.807, 2.05) is 30.3 Å². The normalized spacial score (nSPS) is 18.8. The highest BCUT2D eigenvalue weighted by molar-refractivity contribution is 7.89. The van der Waals surface area contributed by atoms with E-state index in [2.05, 4.69) is 17.2 Å². The van der Waals surface area contributed by atoms with Gasteiger partial charge in [-0.3, -0.25) is 9.59 Å². The van der Waals surface area contributed by atoms with Crippen LogP contribution in [0.4, 0.5) is 0 Å². The summed E-state index contributed by atoms with van der Waals surface area (Å²) in [6.07, 6.45) is 2.12. The van der Waals surface area contributed by atoms with Gasteiger partial charge in [-0.1, -0.05) is 36.9 Å². The lowest BCUT2D eigenvalue weighted by atomic mass is 10.1. The lowest BCUT2D eigenvalue weighted by Crippen LogP contribution is -2.39. The van der Waals surface area contributed by atoms with Crippen LogP contribution in [0.15, 0.2) is 72.1 Å². The predicted molar refractivity (Wildman–Crippen MR) is 120 cm³/mol. The fourth-order valence-electron chi connectivity index (χ4n) is 3.69. The Bertz CT molecular complexity index is 1050. The second-order valence-corrected chi connectivity index (χ2v) is 9.46. The van der Waals surface area contributed by atoms with Crippen molar-refractivity contribution in [3.05, 3.63) is 78.4 Å². The zero-order valence-corrected chi connectivity index (χ0v) is 18.4. The van der Waals surface area contributed by atoms with E-state index in [9.17, 15) is 23.1 Å². The van der Waals surface area contributed by atoms with Gasteiger partial charge in [0.05, 0.1) is 17.5 Å². The third kappa shape index (κ3) is 5.61. The van der Waals surface area contributed by atoms with Crippen molar-refractivity contribution in [2.45, 2.75) is 29.8 Å². The first-order valence-electron chi connectivity index (χ1n) is 10.3. The highest BCUT2D eigenvalue weighted by Gasteiger charge is 2.40. The molecular formula is C23H27N3O5S. The smallest absolute Gasteiger partial charge is 0.251 e. The molecule has 0 bridgehead atoms. The van der Waals surface area contributed by atoms with Crippen molar-refractivity contribution < 1.29 is 23.1 Å². The number of sulfonamides is 1. The fourth-order valence-corrected chi connectivity index (χ4v) is 5.36. The van der Waals surface area contributed by atoms with Crippen LogP contribution in [0, 0.1) is 0 Å².